The average molecular weight is 301 g/mol. The first-order valence-corrected chi connectivity index (χ1v) is 7.84. The lowest BCUT2D eigenvalue weighted by Gasteiger charge is -2.13. The van der Waals surface area contributed by atoms with E-state index in [2.05, 4.69) is 0 Å². The van der Waals surface area contributed by atoms with Gasteiger partial charge in [-0.15, -0.1) is 0 Å². The van der Waals surface area contributed by atoms with Gasteiger partial charge >= 0.3 is 5.97 Å². The van der Waals surface area contributed by atoms with Crippen molar-refractivity contribution in [3.8, 4) is 5.75 Å². The monoisotopic (exact) mass is 301 g/mol. The van der Waals surface area contributed by atoms with E-state index >= 15 is 0 Å². The van der Waals surface area contributed by atoms with Gasteiger partial charge in [0.1, 0.15) is 10.6 Å². The van der Waals surface area contributed by atoms with Crippen LogP contribution in [0.5, 0.6) is 5.75 Å². The Morgan fingerprint density at radius 1 is 1.35 bits per heavy atom. The van der Waals surface area contributed by atoms with Gasteiger partial charge < -0.3 is 9.47 Å². The fraction of sp³-hybridized carbons (Fsp3) is 0.462. The summed E-state index contributed by atoms with van der Waals surface area (Å²) in [5, 5.41) is 5.12. The van der Waals surface area contributed by atoms with Crippen molar-refractivity contribution in [1.82, 2.24) is 0 Å². The lowest BCUT2D eigenvalue weighted by molar-refractivity contribution is 0.0334. The number of rotatable bonds is 6. The number of primary sulfonamides is 1. The molecule has 0 saturated heterocycles. The van der Waals surface area contributed by atoms with E-state index < -0.39 is 16.0 Å². The molecule has 1 unspecified atom stereocenters. The molecule has 0 radical (unpaired) electrons. The molecule has 2 N–H and O–H groups in total. The number of nitrogens with two attached hydrogens (primary N) is 1. The van der Waals surface area contributed by atoms with Crippen LogP contribution in [-0.4, -0.2) is 27.1 Å². The van der Waals surface area contributed by atoms with Crippen LogP contribution in [0, 0.1) is 0 Å². The van der Waals surface area contributed by atoms with Crippen LogP contribution in [0.3, 0.4) is 0 Å². The lowest BCUT2D eigenvalue weighted by atomic mass is 10.2. The molecule has 0 spiro atoms. The number of esters is 1. The molecule has 0 aliphatic heterocycles. The zero-order valence-electron chi connectivity index (χ0n) is 11.8. The van der Waals surface area contributed by atoms with Gasteiger partial charge in [-0.3, -0.25) is 0 Å². The van der Waals surface area contributed by atoms with Crippen molar-refractivity contribution >= 4 is 16.0 Å². The molecular formula is C13H19NO5S. The molecule has 1 rings (SSSR count). The number of carbonyl (C=O) groups excluding carboxylic acids is 1. The second kappa shape index (κ2) is 6.71. The van der Waals surface area contributed by atoms with Gasteiger partial charge in [-0.1, -0.05) is 6.92 Å². The number of hydrogen-bond acceptors (Lipinski definition) is 5. The van der Waals surface area contributed by atoms with Gasteiger partial charge in [0, 0.05) is 0 Å². The van der Waals surface area contributed by atoms with Crippen molar-refractivity contribution in [2.24, 2.45) is 5.14 Å². The molecule has 0 aliphatic carbocycles. The molecule has 0 aliphatic rings. The largest absolute Gasteiger partial charge is 0.492 e. The van der Waals surface area contributed by atoms with E-state index in [0.29, 0.717) is 13.0 Å². The van der Waals surface area contributed by atoms with Crippen molar-refractivity contribution in [3.63, 3.8) is 0 Å². The molecule has 0 fully saturated rings. The molecule has 0 bridgehead atoms. The van der Waals surface area contributed by atoms with E-state index in [-0.39, 0.29) is 22.3 Å². The second-order valence-electron chi connectivity index (χ2n) is 4.26. The van der Waals surface area contributed by atoms with Crippen LogP contribution in [0.1, 0.15) is 37.6 Å². The molecule has 112 valence electrons. The number of ether oxygens (including phenoxy) is 2. The van der Waals surface area contributed by atoms with Crippen molar-refractivity contribution in [2.75, 3.05) is 6.61 Å². The Morgan fingerprint density at radius 3 is 2.50 bits per heavy atom. The summed E-state index contributed by atoms with van der Waals surface area (Å²) in [6.45, 7) is 5.65. The van der Waals surface area contributed by atoms with Gasteiger partial charge in [-0.05, 0) is 38.5 Å². The maximum Gasteiger partial charge on any atom is 0.338 e. The van der Waals surface area contributed by atoms with Crippen LogP contribution >= 0.6 is 0 Å². The summed E-state index contributed by atoms with van der Waals surface area (Å²) < 4.78 is 33.4. The quantitative estimate of drug-likeness (QED) is 0.807. The highest BCUT2D eigenvalue weighted by Gasteiger charge is 2.19. The maximum absolute atomic E-state index is 11.9. The summed E-state index contributed by atoms with van der Waals surface area (Å²) in [4.78, 5) is 11.6. The van der Waals surface area contributed by atoms with Gasteiger partial charge in [0.2, 0.25) is 10.0 Å². The second-order valence-corrected chi connectivity index (χ2v) is 5.79. The third-order valence-electron chi connectivity index (χ3n) is 2.67. The van der Waals surface area contributed by atoms with Gasteiger partial charge in [0.15, 0.2) is 0 Å². The van der Waals surface area contributed by atoms with Gasteiger partial charge in [-0.2, -0.15) is 0 Å². The molecule has 1 aromatic rings. The van der Waals surface area contributed by atoms with E-state index in [9.17, 15) is 13.2 Å². The minimum Gasteiger partial charge on any atom is -0.492 e. The molecule has 0 amide bonds. The Labute approximate surface area is 118 Å². The lowest BCUT2D eigenvalue weighted by Crippen LogP contribution is -2.17. The first kappa shape index (κ1) is 16.5. The van der Waals surface area contributed by atoms with Crippen molar-refractivity contribution in [2.45, 2.75) is 38.2 Å². The minimum atomic E-state index is -3.98. The number of benzene rings is 1. The van der Waals surface area contributed by atoms with Crippen LogP contribution < -0.4 is 9.88 Å². The van der Waals surface area contributed by atoms with E-state index in [1.54, 1.807) is 13.8 Å². The number of carbonyl (C=O) groups is 1. The highest BCUT2D eigenvalue weighted by atomic mass is 32.2. The van der Waals surface area contributed by atoms with E-state index in [1.165, 1.54) is 18.2 Å². The Hall–Kier alpha value is -1.60. The SMILES string of the molecule is CCOc1ccc(C(=O)OC(C)CC)cc1S(N)(=O)=O. The first-order valence-electron chi connectivity index (χ1n) is 6.30. The average Bonchev–Trinajstić information content (AvgIpc) is 2.38. The fourth-order valence-electron chi connectivity index (χ4n) is 1.47. The van der Waals surface area contributed by atoms with E-state index in [1.807, 2.05) is 6.92 Å². The standard InChI is InChI=1S/C13H19NO5S/c1-4-9(3)19-13(15)10-6-7-11(18-5-2)12(8-10)20(14,16)17/h6-9H,4-5H2,1-3H3,(H2,14,16,17). The van der Waals surface area contributed by atoms with E-state index in [0.717, 1.165) is 0 Å². The summed E-state index contributed by atoms with van der Waals surface area (Å²) in [5.41, 5.74) is 0.123. The molecular weight excluding hydrogens is 282 g/mol. The summed E-state index contributed by atoms with van der Waals surface area (Å²) in [5.74, 6) is -0.470. The Balaban J connectivity index is 3.16. The molecule has 1 aromatic carbocycles. The first-order chi connectivity index (χ1) is 9.29. The molecule has 1 atom stereocenters. The van der Waals surface area contributed by atoms with E-state index in [4.69, 9.17) is 14.6 Å². The smallest absolute Gasteiger partial charge is 0.338 e. The summed E-state index contributed by atoms with van der Waals surface area (Å²) in [6.07, 6.45) is 0.428. The Bertz CT molecular complexity index is 582. The Morgan fingerprint density at radius 2 is 2.00 bits per heavy atom. The summed E-state index contributed by atoms with van der Waals surface area (Å²) in [6, 6.07) is 4.02. The third-order valence-corrected chi connectivity index (χ3v) is 3.60. The van der Waals surface area contributed by atoms with Gasteiger partial charge in [0.05, 0.1) is 18.3 Å². The minimum absolute atomic E-state index is 0.120. The summed E-state index contributed by atoms with van der Waals surface area (Å²) in [7, 11) is -3.98. The van der Waals surface area contributed by atoms with Crippen molar-refractivity contribution in [1.29, 1.82) is 0 Å². The molecule has 0 aromatic heterocycles. The maximum atomic E-state index is 11.9. The normalized spacial score (nSPS) is 12.8. The highest BCUT2D eigenvalue weighted by Crippen LogP contribution is 2.24. The van der Waals surface area contributed by atoms with Gasteiger partial charge in [0.25, 0.3) is 0 Å². The predicted molar refractivity (Wildman–Crippen MR) is 74.2 cm³/mol. The summed E-state index contributed by atoms with van der Waals surface area (Å²) >= 11 is 0. The van der Waals surface area contributed by atoms with Crippen molar-refractivity contribution < 1.29 is 22.7 Å². The van der Waals surface area contributed by atoms with Crippen LogP contribution in [0.25, 0.3) is 0 Å². The molecule has 7 heteroatoms. The third kappa shape index (κ3) is 4.21. The van der Waals surface area contributed by atoms with Crippen LogP contribution in [0.15, 0.2) is 23.1 Å². The van der Waals surface area contributed by atoms with Gasteiger partial charge in [-0.25, -0.2) is 18.4 Å². The zero-order chi connectivity index (χ0) is 15.3. The van der Waals surface area contributed by atoms with Crippen LogP contribution in [0.2, 0.25) is 0 Å². The molecule has 20 heavy (non-hydrogen) atoms. The van der Waals surface area contributed by atoms with Crippen LogP contribution in [-0.2, 0) is 14.8 Å². The number of hydrogen-bond donors (Lipinski definition) is 1. The Kier molecular flexibility index (Phi) is 5.52. The molecule has 0 saturated carbocycles. The van der Waals surface area contributed by atoms with Crippen molar-refractivity contribution in [3.05, 3.63) is 23.8 Å². The fourth-order valence-corrected chi connectivity index (χ4v) is 2.16. The predicted octanol–water partition coefficient (Wildman–Crippen LogP) is 1.69. The molecule has 6 nitrogen and oxygen atoms in total. The van der Waals surface area contributed by atoms with Crippen LogP contribution in [0.4, 0.5) is 0 Å². The molecule has 0 heterocycles. The topological polar surface area (TPSA) is 95.7 Å². The zero-order valence-corrected chi connectivity index (χ0v) is 12.6. The highest BCUT2D eigenvalue weighted by molar-refractivity contribution is 7.89. The number of sulfonamides is 1.